The van der Waals surface area contributed by atoms with E-state index in [9.17, 15) is 4.79 Å². The lowest BCUT2D eigenvalue weighted by molar-refractivity contribution is -0.120. The second-order valence-electron chi connectivity index (χ2n) is 4.71. The number of ketones is 1. The first kappa shape index (κ1) is 11.1. The van der Waals surface area contributed by atoms with Crippen molar-refractivity contribution < 1.29 is 4.79 Å². The zero-order valence-corrected chi connectivity index (χ0v) is 10.1. The largest absolute Gasteiger partial charge is 0.367 e. The first-order valence-corrected chi connectivity index (χ1v) is 6.31. The molecule has 2 aromatic heterocycles. The molecule has 3 rings (SSSR count). The molecule has 4 nitrogen and oxygen atoms in total. The zero-order chi connectivity index (χ0) is 12.4. The van der Waals surface area contributed by atoms with Gasteiger partial charge in [0.15, 0.2) is 0 Å². The molecule has 0 amide bonds. The number of nitrogens with one attached hydrogen (secondary N) is 1. The van der Waals surface area contributed by atoms with Gasteiger partial charge >= 0.3 is 0 Å². The topological polar surface area (TPSA) is 58.6 Å². The fourth-order valence-electron chi connectivity index (χ4n) is 2.41. The number of hydrogen-bond acceptors (Lipinski definition) is 3. The van der Waals surface area contributed by atoms with E-state index in [1.54, 1.807) is 6.20 Å². The van der Waals surface area contributed by atoms with E-state index in [4.69, 9.17) is 0 Å². The fraction of sp³-hybridized carbons (Fsp3) is 0.357. The van der Waals surface area contributed by atoms with Gasteiger partial charge in [-0.15, -0.1) is 0 Å². The number of rotatable bonds is 2. The Morgan fingerprint density at radius 3 is 2.78 bits per heavy atom. The van der Waals surface area contributed by atoms with Crippen LogP contribution in [0.2, 0.25) is 0 Å². The Hall–Kier alpha value is -1.97. The second-order valence-corrected chi connectivity index (χ2v) is 4.71. The van der Waals surface area contributed by atoms with Crippen LogP contribution in [0, 0.1) is 0 Å². The molecular formula is C14H15N3O. The minimum atomic E-state index is 0.335. The molecule has 1 saturated carbocycles. The molecule has 4 heteroatoms. The van der Waals surface area contributed by atoms with E-state index in [-0.39, 0.29) is 0 Å². The predicted octanol–water partition coefficient (Wildman–Crippen LogP) is 2.70. The quantitative estimate of drug-likeness (QED) is 0.879. The molecule has 0 unspecified atom stereocenters. The number of Topliss-reactive ketones (excluding diaryl/α,β-unsaturated/α-hetero) is 1. The molecule has 0 aliphatic heterocycles. The molecule has 2 aromatic rings. The molecule has 0 atom stereocenters. The summed E-state index contributed by atoms with van der Waals surface area (Å²) in [4.78, 5) is 23.3. The average Bonchev–Trinajstić information content (AvgIpc) is 2.94. The number of nitrogens with zero attached hydrogens (tertiary/aromatic N) is 2. The van der Waals surface area contributed by atoms with E-state index < -0.39 is 0 Å². The first-order chi connectivity index (χ1) is 8.83. The van der Waals surface area contributed by atoms with Crippen LogP contribution < -0.4 is 0 Å². The zero-order valence-electron chi connectivity index (χ0n) is 10.1. The van der Waals surface area contributed by atoms with E-state index in [0.717, 1.165) is 29.9 Å². The number of aromatic nitrogens is 3. The van der Waals surface area contributed by atoms with Crippen molar-refractivity contribution >= 4 is 5.78 Å². The van der Waals surface area contributed by atoms with Crippen LogP contribution in [-0.4, -0.2) is 20.7 Å². The molecular weight excluding hydrogens is 226 g/mol. The van der Waals surface area contributed by atoms with E-state index in [1.807, 2.05) is 24.5 Å². The van der Waals surface area contributed by atoms with E-state index in [2.05, 4.69) is 15.0 Å². The molecule has 18 heavy (non-hydrogen) atoms. The van der Waals surface area contributed by atoms with Crippen LogP contribution >= 0.6 is 0 Å². The molecule has 1 aliphatic carbocycles. The highest BCUT2D eigenvalue weighted by atomic mass is 16.1. The smallest absolute Gasteiger partial charge is 0.132 e. The van der Waals surface area contributed by atoms with Gasteiger partial charge in [0.25, 0.3) is 0 Å². The van der Waals surface area contributed by atoms with E-state index in [1.165, 1.54) is 0 Å². The minimum absolute atomic E-state index is 0.335. The molecule has 0 radical (unpaired) electrons. The van der Waals surface area contributed by atoms with Crippen LogP contribution in [0.1, 0.15) is 37.4 Å². The standard InChI is InChI=1S/C14H15N3O/c18-12-3-1-10(2-4-12)14-16-8-6-13(17-14)11-5-7-15-9-11/h5-10,15H,1-4H2. The highest BCUT2D eigenvalue weighted by Gasteiger charge is 2.22. The maximum Gasteiger partial charge on any atom is 0.132 e. The third-order valence-corrected chi connectivity index (χ3v) is 3.48. The van der Waals surface area contributed by atoms with Crippen molar-refractivity contribution in [2.45, 2.75) is 31.6 Å². The molecule has 2 heterocycles. The van der Waals surface area contributed by atoms with Gasteiger partial charge in [0, 0.05) is 42.9 Å². The minimum Gasteiger partial charge on any atom is -0.367 e. The van der Waals surface area contributed by atoms with Crippen LogP contribution in [0.25, 0.3) is 11.3 Å². The van der Waals surface area contributed by atoms with Crippen LogP contribution in [0.15, 0.2) is 30.7 Å². The number of H-pyrrole nitrogens is 1. The maximum absolute atomic E-state index is 11.2. The lowest BCUT2D eigenvalue weighted by Crippen LogP contribution is -2.14. The molecule has 92 valence electrons. The van der Waals surface area contributed by atoms with Crippen molar-refractivity contribution in [2.24, 2.45) is 0 Å². The summed E-state index contributed by atoms with van der Waals surface area (Å²) >= 11 is 0. The Morgan fingerprint density at radius 2 is 2.06 bits per heavy atom. The molecule has 1 fully saturated rings. The van der Waals surface area contributed by atoms with Crippen molar-refractivity contribution in [3.8, 4) is 11.3 Å². The Morgan fingerprint density at radius 1 is 1.22 bits per heavy atom. The first-order valence-electron chi connectivity index (χ1n) is 6.31. The lowest BCUT2D eigenvalue weighted by Gasteiger charge is -2.19. The predicted molar refractivity (Wildman–Crippen MR) is 68.0 cm³/mol. The molecule has 0 saturated heterocycles. The Labute approximate surface area is 105 Å². The molecule has 1 N–H and O–H groups in total. The van der Waals surface area contributed by atoms with Gasteiger partial charge in [-0.05, 0) is 25.0 Å². The second kappa shape index (κ2) is 4.72. The fourth-order valence-corrected chi connectivity index (χ4v) is 2.41. The summed E-state index contributed by atoms with van der Waals surface area (Å²) in [6.45, 7) is 0. The summed E-state index contributed by atoms with van der Waals surface area (Å²) in [7, 11) is 0. The van der Waals surface area contributed by atoms with Crippen molar-refractivity contribution in [1.82, 2.24) is 15.0 Å². The molecule has 0 spiro atoms. The number of hydrogen-bond donors (Lipinski definition) is 1. The summed E-state index contributed by atoms with van der Waals surface area (Å²) in [5.74, 6) is 1.58. The Kier molecular flexibility index (Phi) is 2.92. The highest BCUT2D eigenvalue weighted by molar-refractivity contribution is 5.79. The number of carbonyl (C=O) groups excluding carboxylic acids is 1. The molecule has 0 aromatic carbocycles. The van der Waals surface area contributed by atoms with Crippen molar-refractivity contribution in [3.63, 3.8) is 0 Å². The average molecular weight is 241 g/mol. The number of aromatic amines is 1. The van der Waals surface area contributed by atoms with Crippen LogP contribution in [0.3, 0.4) is 0 Å². The summed E-state index contributed by atoms with van der Waals surface area (Å²) in [5.41, 5.74) is 2.02. The Bertz CT molecular complexity index is 538. The summed E-state index contributed by atoms with van der Waals surface area (Å²) in [6.07, 6.45) is 8.73. The van der Waals surface area contributed by atoms with Crippen molar-refractivity contribution in [3.05, 3.63) is 36.5 Å². The van der Waals surface area contributed by atoms with Gasteiger partial charge in [-0.2, -0.15) is 0 Å². The van der Waals surface area contributed by atoms with Crippen LogP contribution in [0.5, 0.6) is 0 Å². The van der Waals surface area contributed by atoms with Crippen LogP contribution in [-0.2, 0) is 4.79 Å². The SMILES string of the molecule is O=C1CCC(c2nccc(-c3cc[nH]c3)n2)CC1. The van der Waals surface area contributed by atoms with Gasteiger partial charge in [-0.1, -0.05) is 0 Å². The Balaban J connectivity index is 1.85. The normalized spacial score (nSPS) is 17.0. The monoisotopic (exact) mass is 241 g/mol. The van der Waals surface area contributed by atoms with Gasteiger partial charge in [0.1, 0.15) is 11.6 Å². The van der Waals surface area contributed by atoms with Gasteiger partial charge in [-0.3, -0.25) is 4.79 Å². The highest BCUT2D eigenvalue weighted by Crippen LogP contribution is 2.29. The van der Waals surface area contributed by atoms with Gasteiger partial charge < -0.3 is 4.98 Å². The van der Waals surface area contributed by atoms with Gasteiger partial charge in [0.2, 0.25) is 0 Å². The van der Waals surface area contributed by atoms with Crippen molar-refractivity contribution in [1.29, 1.82) is 0 Å². The van der Waals surface area contributed by atoms with Gasteiger partial charge in [0.05, 0.1) is 5.69 Å². The maximum atomic E-state index is 11.2. The van der Waals surface area contributed by atoms with Crippen molar-refractivity contribution in [2.75, 3.05) is 0 Å². The summed E-state index contributed by atoms with van der Waals surface area (Å²) < 4.78 is 0. The van der Waals surface area contributed by atoms with E-state index >= 15 is 0 Å². The third-order valence-electron chi connectivity index (χ3n) is 3.48. The lowest BCUT2D eigenvalue weighted by atomic mass is 9.88. The number of carbonyl (C=O) groups is 1. The van der Waals surface area contributed by atoms with Gasteiger partial charge in [-0.25, -0.2) is 9.97 Å². The summed E-state index contributed by atoms with van der Waals surface area (Å²) in [6, 6.07) is 3.91. The molecule has 0 bridgehead atoms. The van der Waals surface area contributed by atoms with E-state index in [0.29, 0.717) is 24.5 Å². The third kappa shape index (κ3) is 2.18. The summed E-state index contributed by atoms with van der Waals surface area (Å²) in [5, 5.41) is 0. The van der Waals surface area contributed by atoms with Crippen LogP contribution in [0.4, 0.5) is 0 Å². The molecule has 1 aliphatic rings.